The van der Waals surface area contributed by atoms with E-state index in [9.17, 15) is 10.2 Å². The van der Waals surface area contributed by atoms with Crippen molar-refractivity contribution in [2.75, 3.05) is 6.54 Å². The lowest BCUT2D eigenvalue weighted by Gasteiger charge is -2.30. The number of hydrogen-bond acceptors (Lipinski definition) is 3. The van der Waals surface area contributed by atoms with E-state index >= 15 is 0 Å². The van der Waals surface area contributed by atoms with Gasteiger partial charge in [0, 0.05) is 6.04 Å². The fourth-order valence-corrected chi connectivity index (χ4v) is 1.80. The van der Waals surface area contributed by atoms with Gasteiger partial charge in [0.2, 0.25) is 0 Å². The topological polar surface area (TPSA) is 52.5 Å². The molecule has 3 unspecified atom stereocenters. The Labute approximate surface area is 80.2 Å². The van der Waals surface area contributed by atoms with Gasteiger partial charge in [-0.25, -0.2) is 0 Å². The van der Waals surface area contributed by atoms with E-state index in [1.165, 1.54) is 0 Å². The summed E-state index contributed by atoms with van der Waals surface area (Å²) >= 11 is 0. The van der Waals surface area contributed by atoms with Gasteiger partial charge in [0.25, 0.3) is 0 Å². The summed E-state index contributed by atoms with van der Waals surface area (Å²) in [6, 6.07) is 0.504. The van der Waals surface area contributed by atoms with Crippen LogP contribution >= 0.6 is 0 Å². The van der Waals surface area contributed by atoms with E-state index in [4.69, 9.17) is 0 Å². The highest BCUT2D eigenvalue weighted by atomic mass is 16.3. The lowest BCUT2D eigenvalue weighted by molar-refractivity contribution is -0.0252. The van der Waals surface area contributed by atoms with Crippen molar-refractivity contribution in [2.24, 2.45) is 5.92 Å². The third kappa shape index (κ3) is 3.63. The standard InChI is InChI=1S/C10H21NO2/c1-7(2)11-6-8-3-4-9(12)10(13)5-8/h7-13H,3-6H2,1-2H3. The van der Waals surface area contributed by atoms with Gasteiger partial charge in [0.15, 0.2) is 0 Å². The summed E-state index contributed by atoms with van der Waals surface area (Å²) in [5, 5.41) is 22.1. The zero-order valence-electron chi connectivity index (χ0n) is 8.53. The fraction of sp³-hybridized carbons (Fsp3) is 1.00. The van der Waals surface area contributed by atoms with Crippen LogP contribution in [0.25, 0.3) is 0 Å². The highest BCUT2D eigenvalue weighted by molar-refractivity contribution is 4.80. The molecule has 13 heavy (non-hydrogen) atoms. The Hall–Kier alpha value is -0.120. The minimum atomic E-state index is -0.507. The van der Waals surface area contributed by atoms with Crippen molar-refractivity contribution in [3.63, 3.8) is 0 Å². The summed E-state index contributed by atoms with van der Waals surface area (Å²) in [7, 11) is 0. The number of aliphatic hydroxyl groups is 2. The molecule has 1 aliphatic rings. The monoisotopic (exact) mass is 187 g/mol. The molecule has 3 heteroatoms. The number of nitrogens with one attached hydrogen (secondary N) is 1. The van der Waals surface area contributed by atoms with Crippen LogP contribution in [-0.4, -0.2) is 35.0 Å². The molecule has 0 bridgehead atoms. The van der Waals surface area contributed by atoms with E-state index in [-0.39, 0.29) is 0 Å². The molecule has 0 spiro atoms. The highest BCUT2D eigenvalue weighted by Crippen LogP contribution is 2.24. The molecule has 0 aromatic carbocycles. The molecule has 3 N–H and O–H groups in total. The number of hydrogen-bond donors (Lipinski definition) is 3. The van der Waals surface area contributed by atoms with Crippen molar-refractivity contribution in [3.05, 3.63) is 0 Å². The number of rotatable bonds is 3. The first kappa shape index (κ1) is 11.0. The molecular formula is C10H21NO2. The van der Waals surface area contributed by atoms with Gasteiger partial charge in [-0.05, 0) is 31.7 Å². The van der Waals surface area contributed by atoms with Crippen molar-refractivity contribution in [1.29, 1.82) is 0 Å². The van der Waals surface area contributed by atoms with Crippen molar-refractivity contribution in [2.45, 2.75) is 51.4 Å². The van der Waals surface area contributed by atoms with Crippen LogP contribution in [-0.2, 0) is 0 Å². The van der Waals surface area contributed by atoms with Crippen molar-refractivity contribution in [3.8, 4) is 0 Å². The Morgan fingerprint density at radius 3 is 2.46 bits per heavy atom. The summed E-state index contributed by atoms with van der Waals surface area (Å²) in [4.78, 5) is 0. The Morgan fingerprint density at radius 2 is 1.92 bits per heavy atom. The molecule has 0 saturated heterocycles. The largest absolute Gasteiger partial charge is 0.390 e. The molecule has 1 rings (SSSR count). The van der Waals surface area contributed by atoms with Crippen LogP contribution in [0.2, 0.25) is 0 Å². The zero-order chi connectivity index (χ0) is 9.84. The van der Waals surface area contributed by atoms with Crippen LogP contribution in [0.3, 0.4) is 0 Å². The lowest BCUT2D eigenvalue weighted by Crippen LogP contribution is -2.38. The van der Waals surface area contributed by atoms with Gasteiger partial charge in [-0.1, -0.05) is 13.8 Å². The van der Waals surface area contributed by atoms with Crippen molar-refractivity contribution >= 4 is 0 Å². The van der Waals surface area contributed by atoms with Gasteiger partial charge >= 0.3 is 0 Å². The molecule has 1 fully saturated rings. The summed E-state index contributed by atoms with van der Waals surface area (Å²) in [6.45, 7) is 5.20. The van der Waals surface area contributed by atoms with E-state index in [1.807, 2.05) is 0 Å². The molecule has 0 amide bonds. The van der Waals surface area contributed by atoms with Crippen LogP contribution in [0.5, 0.6) is 0 Å². The summed E-state index contributed by atoms with van der Waals surface area (Å²) in [5.41, 5.74) is 0. The Morgan fingerprint density at radius 1 is 1.23 bits per heavy atom. The van der Waals surface area contributed by atoms with Gasteiger partial charge in [-0.15, -0.1) is 0 Å². The van der Waals surface area contributed by atoms with Crippen molar-refractivity contribution < 1.29 is 10.2 Å². The summed E-state index contributed by atoms with van der Waals surface area (Å²) < 4.78 is 0. The summed E-state index contributed by atoms with van der Waals surface area (Å²) in [6.07, 6.45) is 1.51. The molecule has 0 aliphatic heterocycles. The quantitative estimate of drug-likeness (QED) is 0.603. The maximum atomic E-state index is 9.44. The fourth-order valence-electron chi connectivity index (χ4n) is 1.80. The zero-order valence-corrected chi connectivity index (χ0v) is 8.53. The molecule has 0 radical (unpaired) electrons. The maximum absolute atomic E-state index is 9.44. The molecule has 0 heterocycles. The Balaban J connectivity index is 2.21. The van der Waals surface area contributed by atoms with E-state index in [0.29, 0.717) is 12.0 Å². The van der Waals surface area contributed by atoms with Crippen molar-refractivity contribution in [1.82, 2.24) is 5.32 Å². The highest BCUT2D eigenvalue weighted by Gasteiger charge is 2.27. The van der Waals surface area contributed by atoms with Crippen LogP contribution < -0.4 is 5.32 Å². The van der Waals surface area contributed by atoms with Gasteiger partial charge < -0.3 is 15.5 Å². The number of aliphatic hydroxyl groups excluding tert-OH is 2. The van der Waals surface area contributed by atoms with Crippen LogP contribution in [0, 0.1) is 5.92 Å². The van der Waals surface area contributed by atoms with E-state index in [1.54, 1.807) is 0 Å². The minimum absolute atomic E-state index is 0.490. The van der Waals surface area contributed by atoms with Gasteiger partial charge in [0.05, 0.1) is 12.2 Å². The average molecular weight is 187 g/mol. The van der Waals surface area contributed by atoms with Crippen LogP contribution in [0.1, 0.15) is 33.1 Å². The molecular weight excluding hydrogens is 166 g/mol. The molecule has 1 aliphatic carbocycles. The Kier molecular flexibility index (Phi) is 4.16. The molecule has 1 saturated carbocycles. The molecule has 3 atom stereocenters. The third-order valence-corrected chi connectivity index (χ3v) is 2.70. The second-order valence-electron chi connectivity index (χ2n) is 4.38. The average Bonchev–Trinajstić information content (AvgIpc) is 2.07. The maximum Gasteiger partial charge on any atom is 0.0802 e. The van der Waals surface area contributed by atoms with Crippen LogP contribution in [0.15, 0.2) is 0 Å². The lowest BCUT2D eigenvalue weighted by atomic mass is 9.85. The van der Waals surface area contributed by atoms with Gasteiger partial charge in [0.1, 0.15) is 0 Å². The Bertz CT molecular complexity index is 150. The second kappa shape index (κ2) is 4.94. The molecule has 3 nitrogen and oxygen atoms in total. The van der Waals surface area contributed by atoms with Gasteiger partial charge in [-0.2, -0.15) is 0 Å². The predicted octanol–water partition coefficient (Wildman–Crippen LogP) is 0.506. The smallest absolute Gasteiger partial charge is 0.0802 e. The third-order valence-electron chi connectivity index (χ3n) is 2.70. The normalized spacial score (nSPS) is 35.3. The first-order valence-electron chi connectivity index (χ1n) is 5.19. The second-order valence-corrected chi connectivity index (χ2v) is 4.38. The summed E-state index contributed by atoms with van der Waals surface area (Å²) in [5.74, 6) is 0.529. The molecule has 0 aromatic rings. The van der Waals surface area contributed by atoms with E-state index in [2.05, 4.69) is 19.2 Å². The first-order chi connectivity index (χ1) is 6.09. The van der Waals surface area contributed by atoms with Crippen LogP contribution in [0.4, 0.5) is 0 Å². The van der Waals surface area contributed by atoms with Gasteiger partial charge in [-0.3, -0.25) is 0 Å². The molecule has 0 aromatic heterocycles. The SMILES string of the molecule is CC(C)NCC1CCC(O)C(O)C1. The van der Waals surface area contributed by atoms with E-state index < -0.39 is 12.2 Å². The predicted molar refractivity (Wildman–Crippen MR) is 52.5 cm³/mol. The minimum Gasteiger partial charge on any atom is -0.390 e. The van der Waals surface area contributed by atoms with E-state index in [0.717, 1.165) is 25.8 Å². The molecule has 78 valence electrons. The first-order valence-corrected chi connectivity index (χ1v) is 5.19.